The number of H-pyrrole nitrogens is 1. The lowest BCUT2D eigenvalue weighted by Crippen LogP contribution is -2.62. The van der Waals surface area contributed by atoms with E-state index in [1.165, 1.54) is 0 Å². The number of nitrogens with one attached hydrogen (secondary N) is 1. The van der Waals surface area contributed by atoms with Gasteiger partial charge in [0.2, 0.25) is 0 Å². The topological polar surface area (TPSA) is 107 Å². The van der Waals surface area contributed by atoms with Gasteiger partial charge >= 0.3 is 5.97 Å². The molecule has 0 fully saturated rings. The van der Waals surface area contributed by atoms with E-state index in [4.69, 9.17) is 32.8 Å². The molecular weight excluding hydrogens is 436 g/mol. The van der Waals surface area contributed by atoms with Crippen molar-refractivity contribution < 1.29 is 9.53 Å². The summed E-state index contributed by atoms with van der Waals surface area (Å²) in [5.41, 5.74) is 14.7. The van der Waals surface area contributed by atoms with Crippen LogP contribution in [0.2, 0.25) is 5.02 Å². The number of carbonyl (C=O) groups is 1. The lowest BCUT2D eigenvalue weighted by molar-refractivity contribution is -0.146. The smallest absolute Gasteiger partial charge is 0.306 e. The van der Waals surface area contributed by atoms with E-state index in [9.17, 15) is 4.79 Å². The van der Waals surface area contributed by atoms with Crippen LogP contribution in [0.1, 0.15) is 51.9 Å². The fourth-order valence-electron chi connectivity index (χ4n) is 5.22. The maximum Gasteiger partial charge on any atom is 0.306 e. The summed E-state index contributed by atoms with van der Waals surface area (Å²) in [7, 11) is 0. The van der Waals surface area contributed by atoms with Crippen LogP contribution in [0.15, 0.2) is 48.5 Å². The molecule has 2 aromatic carbocycles. The van der Waals surface area contributed by atoms with Gasteiger partial charge in [-0.05, 0) is 42.0 Å². The van der Waals surface area contributed by atoms with Crippen LogP contribution in [-0.2, 0) is 21.7 Å². The molecule has 3 aromatic rings. The molecule has 1 atom stereocenters. The average Bonchev–Trinajstić information content (AvgIpc) is 3.21. The van der Waals surface area contributed by atoms with Crippen LogP contribution in [0.5, 0.6) is 0 Å². The van der Waals surface area contributed by atoms with Crippen LogP contribution in [0, 0.1) is 17.3 Å². The van der Waals surface area contributed by atoms with E-state index in [2.05, 4.69) is 32.7 Å². The van der Waals surface area contributed by atoms with Gasteiger partial charge in [0.1, 0.15) is 12.4 Å². The molecule has 178 valence electrons. The molecule has 1 aromatic heterocycles. The van der Waals surface area contributed by atoms with Gasteiger partial charge in [0.05, 0.1) is 16.6 Å². The summed E-state index contributed by atoms with van der Waals surface area (Å²) in [4.78, 5) is 20.9. The first-order valence-corrected chi connectivity index (χ1v) is 11.9. The Morgan fingerprint density at radius 1 is 1.12 bits per heavy atom. The van der Waals surface area contributed by atoms with Crippen LogP contribution >= 0.6 is 11.6 Å². The van der Waals surface area contributed by atoms with E-state index >= 15 is 0 Å². The zero-order valence-corrected chi connectivity index (χ0v) is 20.7. The molecule has 3 rings (SSSR count). The molecule has 0 radical (unpaired) electrons. The summed E-state index contributed by atoms with van der Waals surface area (Å²) in [5, 5.41) is 0.614. The number of esters is 1. The number of halogens is 1. The third-order valence-corrected chi connectivity index (χ3v) is 7.30. The Kier molecular flexibility index (Phi) is 7.83. The lowest BCUT2D eigenvalue weighted by atomic mass is 9.55. The van der Waals surface area contributed by atoms with Crippen molar-refractivity contribution in [2.45, 2.75) is 52.7 Å². The highest BCUT2D eigenvalue weighted by molar-refractivity contribution is 6.31. The summed E-state index contributed by atoms with van der Waals surface area (Å²) >= 11 is 6.19. The number of nitrogens with two attached hydrogens (primary N) is 2. The predicted molar refractivity (Wildman–Crippen MR) is 134 cm³/mol. The number of aromatic nitrogens is 2. The first kappa shape index (κ1) is 25.2. The molecule has 0 saturated heterocycles. The fraction of sp³-hybridized carbons (Fsp3) is 0.462. The maximum absolute atomic E-state index is 12.7. The molecule has 5 N–H and O–H groups in total. The minimum atomic E-state index is -0.985. The van der Waals surface area contributed by atoms with Crippen molar-refractivity contribution in [3.8, 4) is 0 Å². The highest BCUT2D eigenvalue weighted by atomic mass is 35.5. The third kappa shape index (κ3) is 4.93. The van der Waals surface area contributed by atoms with E-state index in [0.29, 0.717) is 23.8 Å². The minimum absolute atomic E-state index is 0.143. The largest absolute Gasteiger partial charge is 0.461 e. The highest BCUT2D eigenvalue weighted by Gasteiger charge is 2.54. The van der Waals surface area contributed by atoms with Crippen molar-refractivity contribution in [1.82, 2.24) is 9.97 Å². The van der Waals surface area contributed by atoms with Crippen molar-refractivity contribution >= 4 is 28.6 Å². The Labute approximate surface area is 201 Å². The van der Waals surface area contributed by atoms with Crippen molar-refractivity contribution in [2.75, 3.05) is 6.54 Å². The van der Waals surface area contributed by atoms with Gasteiger partial charge in [0, 0.05) is 23.4 Å². The Hall–Kier alpha value is -2.41. The van der Waals surface area contributed by atoms with E-state index in [0.717, 1.165) is 16.6 Å². The predicted octanol–water partition coefficient (Wildman–Crippen LogP) is 5.15. The minimum Gasteiger partial charge on any atom is -0.461 e. The van der Waals surface area contributed by atoms with Gasteiger partial charge in [-0.1, -0.05) is 69.6 Å². The van der Waals surface area contributed by atoms with Gasteiger partial charge < -0.3 is 21.2 Å². The van der Waals surface area contributed by atoms with Gasteiger partial charge in [-0.3, -0.25) is 4.79 Å². The molecule has 0 aliphatic heterocycles. The zero-order chi connectivity index (χ0) is 24.2. The number of benzene rings is 2. The number of carbonyl (C=O) groups excluding carboxylic acids is 1. The van der Waals surface area contributed by atoms with Gasteiger partial charge in [0.25, 0.3) is 0 Å². The summed E-state index contributed by atoms with van der Waals surface area (Å²) in [6, 6.07) is 15.1. The summed E-state index contributed by atoms with van der Waals surface area (Å²) in [5.74, 6) is 0.601. The standard InChI is InChI=1S/C26H35ClN4O2/c1-17(2)25(16-28,18(3)4)26(29,24-30-21-11-10-20(27)14-22(21)31-24)13-12-23(32)33-15-19-8-6-5-7-9-19/h5-11,14,17-18H,12-13,15-16,28-29H2,1-4H3,(H,30,31). The normalized spacial score (nSPS) is 14.1. The van der Waals surface area contributed by atoms with E-state index in [-0.39, 0.29) is 30.8 Å². The number of imidazole rings is 1. The Balaban J connectivity index is 1.94. The molecule has 0 aliphatic rings. The molecule has 1 unspecified atom stereocenters. The molecule has 0 spiro atoms. The SMILES string of the molecule is CC(C)C(CN)(C(C)C)C(N)(CCC(=O)OCc1ccccc1)c1nc2ccc(Cl)cc2[nH]1. The summed E-state index contributed by atoms with van der Waals surface area (Å²) < 4.78 is 5.53. The van der Waals surface area contributed by atoms with Crippen LogP contribution in [0.25, 0.3) is 11.0 Å². The number of ether oxygens (including phenoxy) is 1. The van der Waals surface area contributed by atoms with Gasteiger partial charge in [0.15, 0.2) is 0 Å². The molecule has 1 heterocycles. The third-order valence-electron chi connectivity index (χ3n) is 7.06. The van der Waals surface area contributed by atoms with E-state index < -0.39 is 11.0 Å². The summed E-state index contributed by atoms with van der Waals surface area (Å²) in [6.07, 6.45) is 0.504. The van der Waals surface area contributed by atoms with Crippen molar-refractivity contribution in [3.05, 3.63) is 64.9 Å². The summed E-state index contributed by atoms with van der Waals surface area (Å²) in [6.45, 7) is 9.10. The molecule has 33 heavy (non-hydrogen) atoms. The van der Waals surface area contributed by atoms with Crippen LogP contribution in [-0.4, -0.2) is 22.5 Å². The second kappa shape index (κ2) is 10.2. The number of hydrogen-bond donors (Lipinski definition) is 3. The first-order valence-electron chi connectivity index (χ1n) is 11.5. The van der Waals surface area contributed by atoms with Gasteiger partial charge in [-0.15, -0.1) is 0 Å². The average molecular weight is 471 g/mol. The molecule has 0 bridgehead atoms. The molecule has 0 amide bonds. The van der Waals surface area contributed by atoms with Crippen molar-refractivity contribution in [1.29, 1.82) is 0 Å². The van der Waals surface area contributed by atoms with E-state index in [1.807, 2.05) is 42.5 Å². The van der Waals surface area contributed by atoms with E-state index in [1.54, 1.807) is 6.07 Å². The fourth-order valence-corrected chi connectivity index (χ4v) is 5.40. The highest BCUT2D eigenvalue weighted by Crippen LogP contribution is 2.50. The van der Waals surface area contributed by atoms with Crippen LogP contribution in [0.3, 0.4) is 0 Å². The molecule has 7 heteroatoms. The van der Waals surface area contributed by atoms with Crippen LogP contribution in [0.4, 0.5) is 0 Å². The lowest BCUT2D eigenvalue weighted by Gasteiger charge is -2.52. The second-order valence-electron chi connectivity index (χ2n) is 9.42. The van der Waals surface area contributed by atoms with Crippen molar-refractivity contribution in [3.63, 3.8) is 0 Å². The molecule has 0 saturated carbocycles. The first-order chi connectivity index (χ1) is 15.6. The Morgan fingerprint density at radius 3 is 2.39 bits per heavy atom. The zero-order valence-electron chi connectivity index (χ0n) is 19.9. The van der Waals surface area contributed by atoms with Crippen LogP contribution < -0.4 is 11.5 Å². The van der Waals surface area contributed by atoms with Gasteiger partial charge in [-0.25, -0.2) is 4.98 Å². The number of fused-ring (bicyclic) bond motifs is 1. The Bertz CT molecular complexity index is 1070. The number of rotatable bonds is 10. The quantitative estimate of drug-likeness (QED) is 0.355. The molecule has 6 nitrogen and oxygen atoms in total. The Morgan fingerprint density at radius 2 is 1.79 bits per heavy atom. The maximum atomic E-state index is 12.7. The monoisotopic (exact) mass is 470 g/mol. The van der Waals surface area contributed by atoms with Gasteiger partial charge in [-0.2, -0.15) is 0 Å². The van der Waals surface area contributed by atoms with Crippen molar-refractivity contribution in [2.24, 2.45) is 28.7 Å². The number of nitrogens with zero attached hydrogens (tertiary/aromatic N) is 1. The molecule has 0 aliphatic carbocycles. The number of aromatic amines is 1. The second-order valence-corrected chi connectivity index (χ2v) is 9.85. The number of hydrogen-bond acceptors (Lipinski definition) is 5. The molecular formula is C26H35ClN4O2.